The van der Waals surface area contributed by atoms with Crippen LogP contribution in [0.5, 0.6) is 5.75 Å². The third kappa shape index (κ3) is 3.77. The fraction of sp³-hybridized carbons (Fsp3) is 0.455. The van der Waals surface area contributed by atoms with Gasteiger partial charge in [0, 0.05) is 14.2 Å². The summed E-state index contributed by atoms with van der Waals surface area (Å²) in [5.74, 6) is 0.808. The molecule has 1 rings (SSSR count). The Morgan fingerprint density at radius 3 is 2.21 bits per heavy atom. The molecular formula is C11H15O3. The van der Waals surface area contributed by atoms with Gasteiger partial charge in [-0.05, 0) is 18.2 Å². The summed E-state index contributed by atoms with van der Waals surface area (Å²) in [6.45, 7) is 1.04. The zero-order valence-corrected chi connectivity index (χ0v) is 8.53. The molecule has 0 saturated carbocycles. The Hall–Kier alpha value is -1.06. The van der Waals surface area contributed by atoms with Crippen molar-refractivity contribution in [3.63, 3.8) is 0 Å². The molecule has 0 heterocycles. The minimum absolute atomic E-state index is 0.0626. The molecule has 0 fully saturated rings. The highest BCUT2D eigenvalue weighted by Gasteiger charge is 2.09. The topological polar surface area (TPSA) is 27.7 Å². The van der Waals surface area contributed by atoms with Gasteiger partial charge in [-0.15, -0.1) is 0 Å². The molecule has 0 N–H and O–H groups in total. The monoisotopic (exact) mass is 195 g/mol. The molecule has 0 amide bonds. The predicted molar refractivity (Wildman–Crippen MR) is 53.4 cm³/mol. The lowest BCUT2D eigenvalue weighted by atomic mass is 10.3. The van der Waals surface area contributed by atoms with Crippen molar-refractivity contribution >= 4 is 0 Å². The van der Waals surface area contributed by atoms with Gasteiger partial charge in [-0.3, -0.25) is 0 Å². The summed E-state index contributed by atoms with van der Waals surface area (Å²) in [5.41, 5.74) is 0. The van der Waals surface area contributed by atoms with E-state index in [1.807, 2.05) is 24.3 Å². The van der Waals surface area contributed by atoms with E-state index in [4.69, 9.17) is 14.2 Å². The molecule has 0 aromatic heterocycles. The van der Waals surface area contributed by atoms with Crippen molar-refractivity contribution in [2.75, 3.05) is 27.4 Å². The van der Waals surface area contributed by atoms with Gasteiger partial charge in [0.05, 0.1) is 13.2 Å². The molecule has 0 unspecified atom stereocenters. The molecule has 0 aliphatic carbocycles. The summed E-state index contributed by atoms with van der Waals surface area (Å²) in [4.78, 5) is 0. The maximum absolute atomic E-state index is 5.63. The van der Waals surface area contributed by atoms with Gasteiger partial charge in [-0.2, -0.15) is 0 Å². The molecule has 0 bridgehead atoms. The van der Waals surface area contributed by atoms with Crippen LogP contribution in [0.4, 0.5) is 0 Å². The van der Waals surface area contributed by atoms with Crippen molar-refractivity contribution in [2.45, 2.75) is 6.10 Å². The lowest BCUT2D eigenvalue weighted by Gasteiger charge is -2.17. The lowest BCUT2D eigenvalue weighted by Crippen LogP contribution is -2.27. The maximum atomic E-state index is 5.63. The zero-order valence-electron chi connectivity index (χ0n) is 8.53. The maximum Gasteiger partial charge on any atom is 0.145 e. The fourth-order valence-electron chi connectivity index (χ4n) is 1.13. The first kappa shape index (κ1) is 11.0. The summed E-state index contributed by atoms with van der Waals surface area (Å²) in [6.07, 6.45) is -0.0626. The number of rotatable bonds is 6. The Morgan fingerprint density at radius 1 is 1.14 bits per heavy atom. The summed E-state index contributed by atoms with van der Waals surface area (Å²) in [5, 5.41) is 0. The van der Waals surface area contributed by atoms with Gasteiger partial charge in [0.1, 0.15) is 11.9 Å². The highest BCUT2D eigenvalue weighted by atomic mass is 16.6. The van der Waals surface area contributed by atoms with E-state index in [0.717, 1.165) is 5.75 Å². The third-order valence-electron chi connectivity index (χ3n) is 1.70. The molecule has 3 heteroatoms. The minimum Gasteiger partial charge on any atom is -0.486 e. The lowest BCUT2D eigenvalue weighted by molar-refractivity contribution is 0.0245. The van der Waals surface area contributed by atoms with Crippen molar-refractivity contribution in [1.29, 1.82) is 0 Å². The smallest absolute Gasteiger partial charge is 0.145 e. The normalized spacial score (nSPS) is 10.5. The average Bonchev–Trinajstić information content (AvgIpc) is 2.20. The molecule has 77 valence electrons. The zero-order chi connectivity index (χ0) is 10.2. The quantitative estimate of drug-likeness (QED) is 0.689. The van der Waals surface area contributed by atoms with Crippen molar-refractivity contribution < 1.29 is 14.2 Å². The van der Waals surface area contributed by atoms with E-state index in [1.54, 1.807) is 14.2 Å². The first-order chi connectivity index (χ1) is 6.86. The van der Waals surface area contributed by atoms with Gasteiger partial charge in [-0.25, -0.2) is 0 Å². The molecule has 0 spiro atoms. The Labute approximate surface area is 84.6 Å². The average molecular weight is 195 g/mol. The highest BCUT2D eigenvalue weighted by molar-refractivity contribution is 5.20. The number of methoxy groups -OCH3 is 2. The first-order valence-electron chi connectivity index (χ1n) is 4.47. The van der Waals surface area contributed by atoms with E-state index in [9.17, 15) is 0 Å². The van der Waals surface area contributed by atoms with E-state index in [1.165, 1.54) is 0 Å². The molecule has 0 saturated heterocycles. The SMILES string of the molecule is COCC(COC)Oc1cc[c]cc1. The van der Waals surface area contributed by atoms with Crippen LogP contribution in [-0.4, -0.2) is 33.5 Å². The van der Waals surface area contributed by atoms with Crippen molar-refractivity contribution in [3.8, 4) is 5.75 Å². The van der Waals surface area contributed by atoms with Gasteiger partial charge >= 0.3 is 0 Å². The number of hydrogen-bond acceptors (Lipinski definition) is 3. The fourth-order valence-corrected chi connectivity index (χ4v) is 1.13. The van der Waals surface area contributed by atoms with E-state index in [2.05, 4.69) is 6.07 Å². The summed E-state index contributed by atoms with van der Waals surface area (Å²) in [6, 6.07) is 10.3. The van der Waals surface area contributed by atoms with Gasteiger partial charge in [0.15, 0.2) is 0 Å². The van der Waals surface area contributed by atoms with E-state index < -0.39 is 0 Å². The van der Waals surface area contributed by atoms with E-state index in [-0.39, 0.29) is 6.10 Å². The molecule has 0 atom stereocenters. The standard InChI is InChI=1S/C11H15O3/c1-12-8-11(9-13-2)14-10-6-4-3-5-7-10/h4-7,11H,8-9H2,1-2H3. The van der Waals surface area contributed by atoms with Gasteiger partial charge in [-0.1, -0.05) is 12.1 Å². The van der Waals surface area contributed by atoms with Crippen LogP contribution in [0.2, 0.25) is 0 Å². The second kappa shape index (κ2) is 6.40. The Bertz CT molecular complexity index is 230. The molecule has 1 radical (unpaired) electrons. The summed E-state index contributed by atoms with van der Waals surface area (Å²) in [7, 11) is 3.29. The van der Waals surface area contributed by atoms with Crippen LogP contribution in [0.1, 0.15) is 0 Å². The summed E-state index contributed by atoms with van der Waals surface area (Å²) < 4.78 is 15.7. The molecule has 0 aliphatic rings. The van der Waals surface area contributed by atoms with Gasteiger partial charge in [0.25, 0.3) is 0 Å². The Balaban J connectivity index is 2.46. The molecular weight excluding hydrogens is 180 g/mol. The Kier molecular flexibility index (Phi) is 5.04. The summed E-state index contributed by atoms with van der Waals surface area (Å²) >= 11 is 0. The van der Waals surface area contributed by atoms with Crippen LogP contribution in [0, 0.1) is 6.07 Å². The molecule has 3 nitrogen and oxygen atoms in total. The predicted octanol–water partition coefficient (Wildman–Crippen LogP) is 1.53. The van der Waals surface area contributed by atoms with Crippen molar-refractivity contribution in [2.24, 2.45) is 0 Å². The van der Waals surface area contributed by atoms with Crippen LogP contribution in [0.25, 0.3) is 0 Å². The molecule has 14 heavy (non-hydrogen) atoms. The van der Waals surface area contributed by atoms with Gasteiger partial charge in [0.2, 0.25) is 0 Å². The van der Waals surface area contributed by atoms with E-state index in [0.29, 0.717) is 13.2 Å². The minimum atomic E-state index is -0.0626. The Morgan fingerprint density at radius 2 is 1.71 bits per heavy atom. The largest absolute Gasteiger partial charge is 0.486 e. The first-order valence-corrected chi connectivity index (χ1v) is 4.47. The van der Waals surface area contributed by atoms with Crippen LogP contribution >= 0.6 is 0 Å². The second-order valence-corrected chi connectivity index (χ2v) is 2.89. The van der Waals surface area contributed by atoms with Crippen molar-refractivity contribution in [1.82, 2.24) is 0 Å². The number of hydrogen-bond donors (Lipinski definition) is 0. The second-order valence-electron chi connectivity index (χ2n) is 2.89. The number of ether oxygens (including phenoxy) is 3. The molecule has 1 aromatic carbocycles. The van der Waals surface area contributed by atoms with Crippen LogP contribution < -0.4 is 4.74 Å². The van der Waals surface area contributed by atoms with Crippen LogP contribution in [0.15, 0.2) is 24.3 Å². The third-order valence-corrected chi connectivity index (χ3v) is 1.70. The van der Waals surface area contributed by atoms with Crippen LogP contribution in [0.3, 0.4) is 0 Å². The highest BCUT2D eigenvalue weighted by Crippen LogP contribution is 2.10. The number of benzene rings is 1. The molecule has 1 aromatic rings. The van der Waals surface area contributed by atoms with Crippen LogP contribution in [-0.2, 0) is 9.47 Å². The molecule has 0 aliphatic heterocycles. The van der Waals surface area contributed by atoms with Gasteiger partial charge < -0.3 is 14.2 Å². The van der Waals surface area contributed by atoms with E-state index >= 15 is 0 Å². The van der Waals surface area contributed by atoms with Crippen molar-refractivity contribution in [3.05, 3.63) is 30.3 Å².